The molecule has 48 valence electrons. The Balaban J connectivity index is 0. The molecule has 0 radical (unpaired) electrons. The molecule has 6 nitrogen and oxygen atoms in total. The van der Waals surface area contributed by atoms with Gasteiger partial charge in [0.05, 0.1) is 0 Å². The Kier molecular flexibility index (Phi) is 6680. The van der Waals surface area contributed by atoms with Crippen molar-refractivity contribution < 1.29 is 32.9 Å². The summed E-state index contributed by atoms with van der Waals surface area (Å²) in [6.45, 7) is 0. The van der Waals surface area contributed by atoms with Crippen LogP contribution in [0.4, 0.5) is 0 Å². The minimum atomic E-state index is 0. The van der Waals surface area contributed by atoms with E-state index < -0.39 is 0 Å². The van der Waals surface area contributed by atoms with Crippen molar-refractivity contribution in [3.05, 3.63) is 0 Å². The fraction of sp³-hybridized carbons (Fsp3) is 0. The van der Waals surface area contributed by atoms with Gasteiger partial charge in [-0.1, -0.05) is 0 Å². The maximum Gasteiger partial charge on any atom is 3.00 e. The zero-order valence-corrected chi connectivity index (χ0v) is 14.4. The second kappa shape index (κ2) is 226. The summed E-state index contributed by atoms with van der Waals surface area (Å²) < 4.78 is 0. The second-order valence-electron chi connectivity index (χ2n) is 0. The topological polar surface area (TPSA) is 171 Å². The van der Waals surface area contributed by atoms with Crippen LogP contribution in [-0.2, 0) is 32.9 Å². The standard InChI is InChI=1S/4Ga.6O/q4*+3;6*-2. The first-order valence-corrected chi connectivity index (χ1v) is 0. The first-order valence-electron chi connectivity index (χ1n) is 0. The fourth-order valence-electron chi connectivity index (χ4n) is 0. The van der Waals surface area contributed by atoms with Gasteiger partial charge in [0.1, 0.15) is 0 Å². The predicted octanol–water partition coefficient (Wildman–Crippen LogP) is -2.24. The van der Waals surface area contributed by atoms with Crippen LogP contribution < -0.4 is 0 Å². The monoisotopic (exact) mass is 372 g/mol. The van der Waals surface area contributed by atoms with E-state index in [1.54, 1.807) is 0 Å². The fourth-order valence-corrected chi connectivity index (χ4v) is 0. The Morgan fingerprint density at radius 2 is 0.200 bits per heavy atom. The summed E-state index contributed by atoms with van der Waals surface area (Å²) in [6, 6.07) is 0. The third-order valence-corrected chi connectivity index (χ3v) is 0. The molecule has 0 N–H and O–H groups in total. The van der Waals surface area contributed by atoms with E-state index in [-0.39, 0.29) is 112 Å². The van der Waals surface area contributed by atoms with Gasteiger partial charge >= 0.3 is 79.2 Å². The van der Waals surface area contributed by atoms with Gasteiger partial charge in [-0.15, -0.1) is 0 Å². The van der Waals surface area contributed by atoms with Crippen LogP contribution in [-0.4, -0.2) is 79.2 Å². The van der Waals surface area contributed by atoms with Gasteiger partial charge in [0.25, 0.3) is 0 Å². The minimum Gasteiger partial charge on any atom is -2.00 e. The van der Waals surface area contributed by atoms with Crippen LogP contribution in [0.15, 0.2) is 0 Å². The normalized spacial score (nSPS) is 0. The van der Waals surface area contributed by atoms with Crippen molar-refractivity contribution in [3.63, 3.8) is 0 Å². The predicted molar refractivity (Wildman–Crippen MR) is 27.1 cm³/mol. The van der Waals surface area contributed by atoms with E-state index in [1.165, 1.54) is 0 Å². The summed E-state index contributed by atoms with van der Waals surface area (Å²) >= 11 is 0. The van der Waals surface area contributed by atoms with Crippen LogP contribution in [0.3, 0.4) is 0 Å². The number of rotatable bonds is 0. The number of hydrogen-bond acceptors (Lipinski definition) is 0. The molecule has 10 heteroatoms. The Labute approximate surface area is 111 Å². The first-order chi connectivity index (χ1) is 0. The van der Waals surface area contributed by atoms with E-state index in [2.05, 4.69) is 0 Å². The maximum atomic E-state index is 0. The van der Waals surface area contributed by atoms with Crippen molar-refractivity contribution in [2.45, 2.75) is 0 Å². The molecule has 0 rings (SSSR count). The summed E-state index contributed by atoms with van der Waals surface area (Å²) in [7, 11) is 0. The molecular formula is Ga4O6. The van der Waals surface area contributed by atoms with Gasteiger partial charge in [-0.25, -0.2) is 0 Å². The molecule has 0 heterocycles. The van der Waals surface area contributed by atoms with Crippen molar-refractivity contribution in [3.8, 4) is 0 Å². The molecular weight excluding hydrogens is 375 g/mol. The number of hydrogen-bond donors (Lipinski definition) is 0. The Hall–Kier alpha value is 2.31. The van der Waals surface area contributed by atoms with E-state index in [1.807, 2.05) is 0 Å². The van der Waals surface area contributed by atoms with Crippen molar-refractivity contribution >= 4 is 79.2 Å². The first kappa shape index (κ1) is 296. The van der Waals surface area contributed by atoms with Gasteiger partial charge in [-0.05, 0) is 0 Å². The smallest absolute Gasteiger partial charge is 2.00 e. The van der Waals surface area contributed by atoms with Crippen LogP contribution in [0.2, 0.25) is 0 Å². The van der Waals surface area contributed by atoms with E-state index in [4.69, 9.17) is 0 Å². The van der Waals surface area contributed by atoms with Gasteiger partial charge in [-0.2, -0.15) is 0 Å². The van der Waals surface area contributed by atoms with E-state index in [0.717, 1.165) is 0 Å². The molecule has 0 saturated heterocycles. The van der Waals surface area contributed by atoms with Crippen LogP contribution in [0.5, 0.6) is 0 Å². The molecule has 0 aliphatic rings. The Morgan fingerprint density at radius 3 is 0.200 bits per heavy atom. The van der Waals surface area contributed by atoms with Gasteiger partial charge in [-0.3, -0.25) is 0 Å². The SMILES string of the molecule is [Ga+3].[Ga+3].[Ga+3].[Ga+3].[O-2].[O-2].[O-2].[O-2].[O-2].[O-2]. The molecule has 0 aliphatic carbocycles. The van der Waals surface area contributed by atoms with Crippen molar-refractivity contribution in [2.24, 2.45) is 0 Å². The zero-order valence-electron chi connectivity index (χ0n) is 4.76. The molecule has 0 fully saturated rings. The second-order valence-corrected chi connectivity index (χ2v) is 0. The molecule has 0 unspecified atom stereocenters. The molecule has 0 atom stereocenters. The summed E-state index contributed by atoms with van der Waals surface area (Å²) in [5.74, 6) is 0. The Bertz CT molecular complexity index is 9.71. The molecule has 0 spiro atoms. The largest absolute Gasteiger partial charge is 3.00 e. The third-order valence-electron chi connectivity index (χ3n) is 0. The van der Waals surface area contributed by atoms with E-state index in [9.17, 15) is 0 Å². The molecule has 0 bridgehead atoms. The zero-order chi connectivity index (χ0) is 0. The van der Waals surface area contributed by atoms with E-state index >= 15 is 0 Å². The van der Waals surface area contributed by atoms with Crippen LogP contribution in [0.1, 0.15) is 0 Å². The van der Waals surface area contributed by atoms with Crippen LogP contribution in [0, 0.1) is 0 Å². The van der Waals surface area contributed by atoms with Gasteiger partial charge in [0.2, 0.25) is 0 Å². The molecule has 0 aliphatic heterocycles. The van der Waals surface area contributed by atoms with Gasteiger partial charge in [0, 0.05) is 0 Å². The maximum absolute atomic E-state index is 0. The summed E-state index contributed by atoms with van der Waals surface area (Å²) in [6.07, 6.45) is 0. The summed E-state index contributed by atoms with van der Waals surface area (Å²) in [5.41, 5.74) is 0. The molecule has 0 aromatic rings. The van der Waals surface area contributed by atoms with Gasteiger partial charge < -0.3 is 32.9 Å². The van der Waals surface area contributed by atoms with Crippen LogP contribution >= 0.6 is 0 Å². The average Bonchev–Trinajstić information content (AvgIpc) is 0. The van der Waals surface area contributed by atoms with Crippen molar-refractivity contribution in [1.82, 2.24) is 0 Å². The van der Waals surface area contributed by atoms with Crippen LogP contribution in [0.25, 0.3) is 0 Å². The average molecular weight is 375 g/mol. The molecule has 0 saturated carbocycles. The molecule has 10 heavy (non-hydrogen) atoms. The molecule has 0 aromatic heterocycles. The van der Waals surface area contributed by atoms with Crippen molar-refractivity contribution in [1.29, 1.82) is 0 Å². The molecule has 0 amide bonds. The van der Waals surface area contributed by atoms with Gasteiger partial charge in [0.15, 0.2) is 0 Å². The molecule has 0 aromatic carbocycles. The van der Waals surface area contributed by atoms with E-state index in [0.29, 0.717) is 0 Å². The summed E-state index contributed by atoms with van der Waals surface area (Å²) in [5, 5.41) is 0. The summed E-state index contributed by atoms with van der Waals surface area (Å²) in [4.78, 5) is 0. The minimum absolute atomic E-state index is 0. The quantitative estimate of drug-likeness (QED) is 0.418. The Morgan fingerprint density at radius 1 is 0.200 bits per heavy atom. The van der Waals surface area contributed by atoms with Crippen molar-refractivity contribution in [2.75, 3.05) is 0 Å². The third kappa shape index (κ3) is 168.